The zero-order valence-electron chi connectivity index (χ0n) is 15.1. The molecule has 2 aromatic carbocycles. The molecule has 0 bridgehead atoms. The first-order valence-electron chi connectivity index (χ1n) is 8.50. The Morgan fingerprint density at radius 3 is 2.48 bits per heavy atom. The molecule has 0 fully saturated rings. The van der Waals surface area contributed by atoms with Crippen molar-refractivity contribution < 1.29 is 14.5 Å². The van der Waals surface area contributed by atoms with Gasteiger partial charge in [-0.15, -0.1) is 0 Å². The monoisotopic (exact) mass is 392 g/mol. The van der Waals surface area contributed by atoms with Crippen LogP contribution < -0.4 is 16.6 Å². The molecular formula is C20H16N4O5. The molecule has 0 aliphatic rings. The number of primary amides is 1. The highest BCUT2D eigenvalue weighted by Crippen LogP contribution is 2.16. The van der Waals surface area contributed by atoms with Crippen molar-refractivity contribution in [2.24, 2.45) is 5.73 Å². The third-order valence-corrected chi connectivity index (χ3v) is 4.18. The Hall–Kier alpha value is -4.27. The van der Waals surface area contributed by atoms with Crippen molar-refractivity contribution in [3.8, 4) is 0 Å². The van der Waals surface area contributed by atoms with Crippen LogP contribution >= 0.6 is 0 Å². The third kappa shape index (κ3) is 4.35. The number of anilines is 1. The average Bonchev–Trinajstić information content (AvgIpc) is 2.70. The Kier molecular flexibility index (Phi) is 5.49. The summed E-state index contributed by atoms with van der Waals surface area (Å²) in [5.41, 5.74) is 5.34. The summed E-state index contributed by atoms with van der Waals surface area (Å²) < 4.78 is 1.27. The summed E-state index contributed by atoms with van der Waals surface area (Å²) >= 11 is 0. The van der Waals surface area contributed by atoms with Crippen molar-refractivity contribution in [3.05, 3.63) is 104 Å². The summed E-state index contributed by atoms with van der Waals surface area (Å²) in [5, 5.41) is 13.4. The Morgan fingerprint density at radius 2 is 1.76 bits per heavy atom. The van der Waals surface area contributed by atoms with Gasteiger partial charge in [-0.1, -0.05) is 24.3 Å². The summed E-state index contributed by atoms with van der Waals surface area (Å²) in [5.74, 6) is -1.41. The van der Waals surface area contributed by atoms with Gasteiger partial charge in [-0.25, -0.2) is 0 Å². The summed E-state index contributed by atoms with van der Waals surface area (Å²) in [6, 6.07) is 15.0. The van der Waals surface area contributed by atoms with Crippen LogP contribution in [-0.4, -0.2) is 21.3 Å². The van der Waals surface area contributed by atoms with Crippen LogP contribution in [0.3, 0.4) is 0 Å². The Balaban J connectivity index is 1.88. The number of amides is 2. The van der Waals surface area contributed by atoms with Gasteiger partial charge >= 0.3 is 0 Å². The molecule has 3 N–H and O–H groups in total. The van der Waals surface area contributed by atoms with E-state index >= 15 is 0 Å². The molecule has 0 radical (unpaired) electrons. The number of non-ortho nitro benzene ring substituents is 1. The zero-order chi connectivity index (χ0) is 21.0. The molecule has 9 heteroatoms. The van der Waals surface area contributed by atoms with Crippen LogP contribution in [0.5, 0.6) is 0 Å². The number of pyridine rings is 1. The predicted octanol–water partition coefficient (Wildman–Crippen LogP) is 2.16. The normalized spacial score (nSPS) is 10.3. The Morgan fingerprint density at radius 1 is 1.03 bits per heavy atom. The van der Waals surface area contributed by atoms with Crippen LogP contribution in [-0.2, 0) is 6.54 Å². The van der Waals surface area contributed by atoms with E-state index in [1.165, 1.54) is 53.2 Å². The minimum Gasteiger partial charge on any atom is -0.366 e. The number of nitrogens with two attached hydrogens (primary N) is 1. The first-order chi connectivity index (χ1) is 13.9. The summed E-state index contributed by atoms with van der Waals surface area (Å²) in [7, 11) is 0. The van der Waals surface area contributed by atoms with E-state index in [0.29, 0.717) is 5.56 Å². The maximum atomic E-state index is 12.7. The fraction of sp³-hybridized carbons (Fsp3) is 0.0500. The van der Waals surface area contributed by atoms with Crippen LogP contribution in [0.4, 0.5) is 11.4 Å². The van der Waals surface area contributed by atoms with Crippen LogP contribution in [0.25, 0.3) is 0 Å². The van der Waals surface area contributed by atoms with Crippen molar-refractivity contribution >= 4 is 23.2 Å². The molecule has 0 saturated carbocycles. The fourth-order valence-electron chi connectivity index (χ4n) is 2.80. The SMILES string of the molecule is NC(=O)c1ccccc1NC(=O)c1cccn(Cc2cccc([N+](=O)[O-])c2)c1=O. The van der Waals surface area contributed by atoms with Gasteiger partial charge in [-0.3, -0.25) is 24.5 Å². The molecule has 1 heterocycles. The number of rotatable bonds is 6. The van der Waals surface area contributed by atoms with Crippen LogP contribution in [0.1, 0.15) is 26.3 Å². The molecule has 0 unspecified atom stereocenters. The second-order valence-electron chi connectivity index (χ2n) is 6.15. The molecule has 1 aromatic heterocycles. The lowest BCUT2D eigenvalue weighted by Crippen LogP contribution is -2.29. The molecule has 3 aromatic rings. The first kappa shape index (κ1) is 19.5. The van der Waals surface area contributed by atoms with Crippen LogP contribution in [0.2, 0.25) is 0 Å². The van der Waals surface area contributed by atoms with Crippen LogP contribution in [0.15, 0.2) is 71.7 Å². The topological polar surface area (TPSA) is 137 Å². The number of benzene rings is 2. The Bertz CT molecular complexity index is 1170. The maximum absolute atomic E-state index is 12.7. The predicted molar refractivity (Wildman–Crippen MR) is 106 cm³/mol. The molecule has 146 valence electrons. The summed E-state index contributed by atoms with van der Waals surface area (Å²) in [6.07, 6.45) is 1.48. The van der Waals surface area contributed by atoms with E-state index in [1.54, 1.807) is 18.2 Å². The fourth-order valence-corrected chi connectivity index (χ4v) is 2.80. The van der Waals surface area contributed by atoms with Crippen molar-refractivity contribution in [2.75, 3.05) is 5.32 Å². The standard InChI is InChI=1S/C20H16N4O5/c21-18(25)15-7-1-2-9-17(15)22-19(26)16-8-4-10-23(20(16)27)12-13-5-3-6-14(11-13)24(28)29/h1-11H,12H2,(H2,21,25)(H,22,26). The Labute approximate surface area is 164 Å². The first-order valence-corrected chi connectivity index (χ1v) is 8.50. The van der Waals surface area contributed by atoms with Crippen LogP contribution in [0, 0.1) is 10.1 Å². The number of aromatic nitrogens is 1. The second-order valence-corrected chi connectivity index (χ2v) is 6.15. The maximum Gasteiger partial charge on any atom is 0.269 e. The highest BCUT2D eigenvalue weighted by atomic mass is 16.6. The van der Waals surface area contributed by atoms with Gasteiger partial charge in [0.05, 0.1) is 22.7 Å². The van der Waals surface area contributed by atoms with E-state index in [9.17, 15) is 24.5 Å². The smallest absolute Gasteiger partial charge is 0.269 e. The minimum absolute atomic E-state index is 0.0551. The number of nitro benzene ring substituents is 1. The molecule has 0 aliphatic heterocycles. The van der Waals surface area contributed by atoms with Gasteiger partial charge in [-0.05, 0) is 29.8 Å². The van der Waals surface area contributed by atoms with Crippen molar-refractivity contribution in [3.63, 3.8) is 0 Å². The van der Waals surface area contributed by atoms with E-state index in [4.69, 9.17) is 5.73 Å². The number of nitrogens with zero attached hydrogens (tertiary/aromatic N) is 2. The summed E-state index contributed by atoms with van der Waals surface area (Å²) in [4.78, 5) is 47.2. The lowest BCUT2D eigenvalue weighted by molar-refractivity contribution is -0.384. The van der Waals surface area contributed by atoms with Gasteiger partial charge in [0.2, 0.25) is 0 Å². The molecule has 0 spiro atoms. The number of hydrogen-bond donors (Lipinski definition) is 2. The molecule has 3 rings (SSSR count). The third-order valence-electron chi connectivity index (χ3n) is 4.18. The minimum atomic E-state index is -0.711. The van der Waals surface area contributed by atoms with E-state index in [1.807, 2.05) is 0 Å². The molecule has 29 heavy (non-hydrogen) atoms. The van der Waals surface area contributed by atoms with E-state index in [-0.39, 0.29) is 29.0 Å². The number of carbonyl (C=O) groups is 2. The molecular weight excluding hydrogens is 376 g/mol. The number of nitro groups is 1. The largest absolute Gasteiger partial charge is 0.366 e. The van der Waals surface area contributed by atoms with E-state index in [0.717, 1.165) is 0 Å². The lowest BCUT2D eigenvalue weighted by atomic mass is 10.1. The average molecular weight is 392 g/mol. The number of nitrogens with one attached hydrogen (secondary N) is 1. The zero-order valence-corrected chi connectivity index (χ0v) is 15.1. The highest BCUT2D eigenvalue weighted by molar-refractivity contribution is 6.08. The van der Waals surface area contributed by atoms with E-state index in [2.05, 4.69) is 5.32 Å². The highest BCUT2D eigenvalue weighted by Gasteiger charge is 2.16. The number of para-hydroxylation sites is 1. The molecule has 2 amide bonds. The number of hydrogen-bond acceptors (Lipinski definition) is 5. The molecule has 9 nitrogen and oxygen atoms in total. The van der Waals surface area contributed by atoms with Gasteiger partial charge in [0.15, 0.2) is 0 Å². The summed E-state index contributed by atoms with van der Waals surface area (Å²) in [6.45, 7) is 0.0551. The van der Waals surface area contributed by atoms with Gasteiger partial charge < -0.3 is 15.6 Å². The molecule has 0 saturated heterocycles. The lowest BCUT2D eigenvalue weighted by Gasteiger charge is -2.10. The van der Waals surface area contributed by atoms with Crippen molar-refractivity contribution in [2.45, 2.75) is 6.54 Å². The van der Waals surface area contributed by atoms with Gasteiger partial charge in [-0.2, -0.15) is 0 Å². The quantitative estimate of drug-likeness (QED) is 0.489. The van der Waals surface area contributed by atoms with Gasteiger partial charge in [0, 0.05) is 18.3 Å². The van der Waals surface area contributed by atoms with E-state index < -0.39 is 22.3 Å². The number of carbonyl (C=O) groups excluding carboxylic acids is 2. The van der Waals surface area contributed by atoms with Gasteiger partial charge in [0.25, 0.3) is 23.1 Å². The van der Waals surface area contributed by atoms with Crippen molar-refractivity contribution in [1.29, 1.82) is 0 Å². The van der Waals surface area contributed by atoms with Crippen molar-refractivity contribution in [1.82, 2.24) is 4.57 Å². The van der Waals surface area contributed by atoms with Gasteiger partial charge in [0.1, 0.15) is 5.56 Å². The molecule has 0 atom stereocenters. The molecule has 0 aliphatic carbocycles. The second kappa shape index (κ2) is 8.17.